The minimum absolute atomic E-state index is 0.348. The number of pyridine rings is 2. The van der Waals surface area contributed by atoms with Crippen molar-refractivity contribution in [3.05, 3.63) is 72.7 Å². The Morgan fingerprint density at radius 3 is 2.88 bits per heavy atom. The maximum Gasteiger partial charge on any atom is 0.137 e. The number of hydrogen-bond donors (Lipinski definition) is 1. The fourth-order valence-electron chi connectivity index (χ4n) is 3.13. The molecule has 0 aromatic carbocycles. The number of nitrogens with one attached hydrogen (secondary N) is 1. The molecule has 24 heavy (non-hydrogen) atoms. The van der Waals surface area contributed by atoms with Gasteiger partial charge in [-0.3, -0.25) is 14.5 Å². The first-order chi connectivity index (χ1) is 11.9. The molecular formula is C18H20N6. The van der Waals surface area contributed by atoms with Gasteiger partial charge in [-0.25, -0.2) is 9.97 Å². The Bertz CT molecular complexity index is 754. The molecule has 1 N–H and O–H groups in total. The molecule has 1 saturated heterocycles. The van der Waals surface area contributed by atoms with E-state index in [0.717, 1.165) is 32.0 Å². The van der Waals surface area contributed by atoms with Gasteiger partial charge in [0.2, 0.25) is 0 Å². The molecule has 3 aromatic rings. The highest BCUT2D eigenvalue weighted by atomic mass is 15.2. The zero-order chi connectivity index (χ0) is 16.2. The number of imidazole rings is 1. The third-order valence-electron chi connectivity index (χ3n) is 4.39. The molecule has 6 nitrogen and oxygen atoms in total. The summed E-state index contributed by atoms with van der Waals surface area (Å²) in [5.74, 6) is 0.889. The first-order valence-corrected chi connectivity index (χ1v) is 8.18. The zero-order valence-corrected chi connectivity index (χ0v) is 13.4. The molecule has 1 aliphatic rings. The molecule has 0 spiro atoms. The second-order valence-corrected chi connectivity index (χ2v) is 5.97. The van der Waals surface area contributed by atoms with Crippen LogP contribution in [0.1, 0.15) is 17.2 Å². The van der Waals surface area contributed by atoms with Crippen LogP contribution in [0.15, 0.2) is 61.6 Å². The number of aromatic nitrogens is 4. The molecule has 3 aromatic heterocycles. The van der Waals surface area contributed by atoms with E-state index in [1.165, 1.54) is 11.1 Å². The lowest BCUT2D eigenvalue weighted by atomic mass is 10.0. The number of nitrogens with zero attached hydrogens (tertiary/aromatic N) is 5. The average Bonchev–Trinajstić information content (AvgIpc) is 3.18. The van der Waals surface area contributed by atoms with Gasteiger partial charge in [0.1, 0.15) is 12.1 Å². The standard InChI is InChI=1S/C18H20N6/c1-2-16(11-19-5-1)17-12-20-6-8-23(17)13-15-3-4-18(22-10-15)24-9-7-21-14-24/h1-5,7,9-11,14,17,20H,6,8,12-13H2. The normalized spacial score (nSPS) is 18.6. The molecule has 4 heterocycles. The van der Waals surface area contributed by atoms with Crippen LogP contribution >= 0.6 is 0 Å². The van der Waals surface area contributed by atoms with Gasteiger partial charge < -0.3 is 5.32 Å². The molecule has 1 fully saturated rings. The van der Waals surface area contributed by atoms with Gasteiger partial charge in [0, 0.05) is 63.2 Å². The fraction of sp³-hybridized carbons (Fsp3) is 0.278. The molecule has 0 radical (unpaired) electrons. The van der Waals surface area contributed by atoms with E-state index < -0.39 is 0 Å². The molecule has 122 valence electrons. The summed E-state index contributed by atoms with van der Waals surface area (Å²) in [6, 6.07) is 8.69. The highest BCUT2D eigenvalue weighted by Gasteiger charge is 2.23. The molecule has 0 aliphatic carbocycles. The Morgan fingerprint density at radius 1 is 1.12 bits per heavy atom. The first kappa shape index (κ1) is 15.0. The minimum atomic E-state index is 0.348. The predicted molar refractivity (Wildman–Crippen MR) is 91.6 cm³/mol. The Hall–Kier alpha value is -2.57. The van der Waals surface area contributed by atoms with E-state index in [1.807, 2.05) is 41.5 Å². The second kappa shape index (κ2) is 6.90. The quantitative estimate of drug-likeness (QED) is 0.794. The van der Waals surface area contributed by atoms with Gasteiger partial charge in [0.05, 0.1) is 0 Å². The Balaban J connectivity index is 1.50. The fourth-order valence-corrected chi connectivity index (χ4v) is 3.13. The summed E-state index contributed by atoms with van der Waals surface area (Å²) < 4.78 is 1.91. The van der Waals surface area contributed by atoms with E-state index >= 15 is 0 Å². The number of hydrogen-bond acceptors (Lipinski definition) is 5. The molecule has 1 atom stereocenters. The van der Waals surface area contributed by atoms with Crippen molar-refractivity contribution >= 4 is 0 Å². The SMILES string of the molecule is c1cncc(C2CNCCN2Cc2ccc(-n3ccnc3)nc2)c1. The summed E-state index contributed by atoms with van der Waals surface area (Å²) in [7, 11) is 0. The van der Waals surface area contributed by atoms with E-state index in [2.05, 4.69) is 37.3 Å². The van der Waals surface area contributed by atoms with Crippen molar-refractivity contribution in [2.45, 2.75) is 12.6 Å². The van der Waals surface area contributed by atoms with Crippen LogP contribution in [0.2, 0.25) is 0 Å². The van der Waals surface area contributed by atoms with Crippen LogP contribution in [-0.4, -0.2) is 44.1 Å². The maximum atomic E-state index is 4.55. The van der Waals surface area contributed by atoms with Gasteiger partial charge in [0.15, 0.2) is 0 Å². The van der Waals surface area contributed by atoms with Crippen molar-refractivity contribution in [2.75, 3.05) is 19.6 Å². The Kier molecular flexibility index (Phi) is 4.31. The first-order valence-electron chi connectivity index (χ1n) is 8.18. The van der Waals surface area contributed by atoms with Crippen molar-refractivity contribution in [3.8, 4) is 5.82 Å². The third kappa shape index (κ3) is 3.20. The second-order valence-electron chi connectivity index (χ2n) is 5.97. The topological polar surface area (TPSA) is 58.9 Å². The van der Waals surface area contributed by atoms with E-state index in [4.69, 9.17) is 0 Å². The van der Waals surface area contributed by atoms with E-state index in [-0.39, 0.29) is 0 Å². The van der Waals surface area contributed by atoms with Crippen molar-refractivity contribution in [1.82, 2.24) is 29.7 Å². The van der Waals surface area contributed by atoms with E-state index in [9.17, 15) is 0 Å². The minimum Gasteiger partial charge on any atom is -0.314 e. The summed E-state index contributed by atoms with van der Waals surface area (Å²) in [6.45, 7) is 3.87. The molecule has 4 rings (SSSR count). The van der Waals surface area contributed by atoms with Crippen LogP contribution in [0.25, 0.3) is 5.82 Å². The lowest BCUT2D eigenvalue weighted by molar-refractivity contribution is 0.153. The summed E-state index contributed by atoms with van der Waals surface area (Å²) in [6.07, 6.45) is 11.2. The van der Waals surface area contributed by atoms with Crippen LogP contribution in [0.4, 0.5) is 0 Å². The van der Waals surface area contributed by atoms with E-state index in [1.54, 1.807) is 12.5 Å². The van der Waals surface area contributed by atoms with Gasteiger partial charge in [-0.05, 0) is 23.3 Å². The number of rotatable bonds is 4. The smallest absolute Gasteiger partial charge is 0.137 e. The van der Waals surface area contributed by atoms with Crippen LogP contribution in [0.3, 0.4) is 0 Å². The Labute approximate surface area is 141 Å². The van der Waals surface area contributed by atoms with Gasteiger partial charge in [-0.2, -0.15) is 0 Å². The van der Waals surface area contributed by atoms with Crippen molar-refractivity contribution in [2.24, 2.45) is 0 Å². The summed E-state index contributed by atoms with van der Waals surface area (Å²) in [5, 5.41) is 3.48. The van der Waals surface area contributed by atoms with Crippen molar-refractivity contribution in [3.63, 3.8) is 0 Å². The maximum absolute atomic E-state index is 4.55. The molecule has 0 amide bonds. The van der Waals surface area contributed by atoms with Gasteiger partial charge in [-0.15, -0.1) is 0 Å². The molecular weight excluding hydrogens is 300 g/mol. The largest absolute Gasteiger partial charge is 0.314 e. The lowest BCUT2D eigenvalue weighted by Crippen LogP contribution is -2.45. The average molecular weight is 320 g/mol. The molecule has 1 unspecified atom stereocenters. The van der Waals surface area contributed by atoms with Gasteiger partial charge in [0.25, 0.3) is 0 Å². The summed E-state index contributed by atoms with van der Waals surface area (Å²) in [4.78, 5) is 15.4. The predicted octanol–water partition coefficient (Wildman–Crippen LogP) is 1.81. The van der Waals surface area contributed by atoms with Crippen LogP contribution < -0.4 is 5.32 Å². The van der Waals surface area contributed by atoms with E-state index in [0.29, 0.717) is 6.04 Å². The van der Waals surface area contributed by atoms with Crippen LogP contribution in [-0.2, 0) is 6.54 Å². The molecule has 0 bridgehead atoms. The number of piperazine rings is 1. The zero-order valence-electron chi connectivity index (χ0n) is 13.4. The third-order valence-corrected chi connectivity index (χ3v) is 4.39. The lowest BCUT2D eigenvalue weighted by Gasteiger charge is -2.36. The highest BCUT2D eigenvalue weighted by molar-refractivity contribution is 5.25. The van der Waals surface area contributed by atoms with Gasteiger partial charge in [-0.1, -0.05) is 12.1 Å². The van der Waals surface area contributed by atoms with Crippen LogP contribution in [0.5, 0.6) is 0 Å². The van der Waals surface area contributed by atoms with Crippen molar-refractivity contribution < 1.29 is 0 Å². The summed E-state index contributed by atoms with van der Waals surface area (Å²) in [5.41, 5.74) is 2.47. The van der Waals surface area contributed by atoms with Gasteiger partial charge >= 0.3 is 0 Å². The summed E-state index contributed by atoms with van der Waals surface area (Å²) >= 11 is 0. The molecule has 1 aliphatic heterocycles. The Morgan fingerprint density at radius 2 is 2.12 bits per heavy atom. The monoisotopic (exact) mass is 320 g/mol. The van der Waals surface area contributed by atoms with Crippen molar-refractivity contribution in [1.29, 1.82) is 0 Å². The van der Waals surface area contributed by atoms with Crippen LogP contribution in [0, 0.1) is 0 Å². The molecule has 0 saturated carbocycles. The highest BCUT2D eigenvalue weighted by Crippen LogP contribution is 2.23. The molecule has 6 heteroatoms.